The summed E-state index contributed by atoms with van der Waals surface area (Å²) in [6.07, 6.45) is 0.561. The summed E-state index contributed by atoms with van der Waals surface area (Å²) in [5, 5.41) is 9.02. The van der Waals surface area contributed by atoms with Crippen LogP contribution < -0.4 is 4.74 Å². The Hall–Kier alpha value is -1.51. The van der Waals surface area contributed by atoms with Crippen LogP contribution in [0.4, 0.5) is 0 Å². The van der Waals surface area contributed by atoms with Gasteiger partial charge >= 0.3 is 5.97 Å². The molecule has 14 heavy (non-hydrogen) atoms. The molecule has 1 aromatic rings. The van der Waals surface area contributed by atoms with E-state index in [1.807, 2.05) is 25.1 Å². The summed E-state index contributed by atoms with van der Waals surface area (Å²) >= 11 is 0. The van der Waals surface area contributed by atoms with E-state index < -0.39 is 11.9 Å². The highest BCUT2D eigenvalue weighted by atomic mass is 16.5. The Labute approximate surface area is 82.3 Å². The van der Waals surface area contributed by atoms with Crippen molar-refractivity contribution in [2.45, 2.75) is 19.3 Å². The Kier molecular flexibility index (Phi) is 2.15. The van der Waals surface area contributed by atoms with Gasteiger partial charge in [0.2, 0.25) is 0 Å². The van der Waals surface area contributed by atoms with E-state index >= 15 is 0 Å². The van der Waals surface area contributed by atoms with Crippen LogP contribution >= 0.6 is 0 Å². The number of hydrogen-bond acceptors (Lipinski definition) is 2. The number of ether oxygens (including phenoxy) is 1. The number of carboxylic acid groups (broad SMARTS) is 1. The van der Waals surface area contributed by atoms with Crippen LogP contribution in [0.2, 0.25) is 0 Å². The molecule has 0 amide bonds. The van der Waals surface area contributed by atoms with Gasteiger partial charge in [0.25, 0.3) is 0 Å². The van der Waals surface area contributed by atoms with Gasteiger partial charge < -0.3 is 9.84 Å². The molecule has 0 bridgehead atoms. The summed E-state index contributed by atoms with van der Waals surface area (Å²) in [5.74, 6) is -0.451. The molecule has 0 spiro atoms. The van der Waals surface area contributed by atoms with Gasteiger partial charge in [-0.2, -0.15) is 0 Å². The number of carboxylic acids is 1. The van der Waals surface area contributed by atoms with E-state index in [9.17, 15) is 4.79 Å². The second kappa shape index (κ2) is 3.33. The molecule has 74 valence electrons. The first-order valence-corrected chi connectivity index (χ1v) is 4.64. The van der Waals surface area contributed by atoms with Gasteiger partial charge in [-0.05, 0) is 19.4 Å². The van der Waals surface area contributed by atoms with E-state index in [4.69, 9.17) is 9.84 Å². The molecule has 1 N–H and O–H groups in total. The third-order valence-corrected chi connectivity index (χ3v) is 2.50. The number of rotatable bonds is 1. The van der Waals surface area contributed by atoms with E-state index in [2.05, 4.69) is 0 Å². The molecule has 0 saturated carbocycles. The Balaban J connectivity index is 2.46. The minimum absolute atomic E-state index is 0.404. The molecule has 0 aromatic heterocycles. The fourth-order valence-corrected chi connectivity index (χ4v) is 1.77. The zero-order valence-corrected chi connectivity index (χ0v) is 7.99. The zero-order valence-electron chi connectivity index (χ0n) is 7.99. The second-order valence-corrected chi connectivity index (χ2v) is 3.57. The molecule has 1 unspecified atom stereocenters. The summed E-state index contributed by atoms with van der Waals surface area (Å²) in [5.41, 5.74) is 1.88. The van der Waals surface area contributed by atoms with Crippen molar-refractivity contribution >= 4 is 5.97 Å². The van der Waals surface area contributed by atoms with E-state index in [0.717, 1.165) is 11.1 Å². The molecular formula is C11H12O3. The first kappa shape index (κ1) is 9.06. The van der Waals surface area contributed by atoms with Crippen molar-refractivity contribution in [1.82, 2.24) is 0 Å². The lowest BCUT2D eigenvalue weighted by molar-refractivity contribution is -0.139. The fourth-order valence-electron chi connectivity index (χ4n) is 1.77. The number of carbonyl (C=O) groups is 1. The maximum absolute atomic E-state index is 11.0. The maximum atomic E-state index is 11.0. The van der Waals surface area contributed by atoms with Crippen molar-refractivity contribution in [2.24, 2.45) is 0 Å². The quantitative estimate of drug-likeness (QED) is 0.739. The summed E-state index contributed by atoms with van der Waals surface area (Å²) in [6.45, 7) is 2.45. The Bertz CT molecular complexity index is 371. The average molecular weight is 192 g/mol. The lowest BCUT2D eigenvalue weighted by Crippen LogP contribution is -2.20. The highest BCUT2D eigenvalue weighted by Gasteiger charge is 2.27. The third-order valence-electron chi connectivity index (χ3n) is 2.50. The van der Waals surface area contributed by atoms with Crippen LogP contribution in [0.3, 0.4) is 0 Å². The molecule has 1 heterocycles. The molecule has 2 rings (SSSR count). The van der Waals surface area contributed by atoms with Crippen LogP contribution in [0.5, 0.6) is 5.75 Å². The number of hydrogen-bond donors (Lipinski definition) is 1. The van der Waals surface area contributed by atoms with Crippen LogP contribution in [0.1, 0.15) is 23.5 Å². The maximum Gasteiger partial charge on any atom is 0.311 e. The van der Waals surface area contributed by atoms with Crippen molar-refractivity contribution < 1.29 is 14.6 Å². The first-order valence-electron chi connectivity index (χ1n) is 4.64. The number of aryl methyl sites for hydroxylation is 1. The molecule has 0 saturated heterocycles. The van der Waals surface area contributed by atoms with E-state index in [1.54, 1.807) is 0 Å². The fraction of sp³-hybridized carbons (Fsp3) is 0.364. The van der Waals surface area contributed by atoms with Crippen LogP contribution in [0.15, 0.2) is 18.2 Å². The summed E-state index contributed by atoms with van der Waals surface area (Å²) in [6, 6.07) is 5.68. The number of fused-ring (bicyclic) bond motifs is 1. The Morgan fingerprint density at radius 2 is 2.36 bits per heavy atom. The smallest absolute Gasteiger partial charge is 0.311 e. The Morgan fingerprint density at radius 1 is 1.57 bits per heavy atom. The topological polar surface area (TPSA) is 46.5 Å². The van der Waals surface area contributed by atoms with Crippen LogP contribution in [-0.2, 0) is 4.79 Å². The van der Waals surface area contributed by atoms with Gasteiger partial charge in [-0.1, -0.05) is 17.7 Å². The van der Waals surface area contributed by atoms with Crippen molar-refractivity contribution in [2.75, 3.05) is 6.61 Å². The predicted octanol–water partition coefficient (Wildman–Crippen LogP) is 1.95. The molecule has 3 nitrogen and oxygen atoms in total. The van der Waals surface area contributed by atoms with Crippen LogP contribution in [0.25, 0.3) is 0 Å². The molecule has 1 atom stereocenters. The minimum Gasteiger partial charge on any atom is -0.493 e. The van der Waals surface area contributed by atoms with Gasteiger partial charge in [0.1, 0.15) is 5.75 Å². The molecule has 1 aliphatic heterocycles. The van der Waals surface area contributed by atoms with Gasteiger partial charge in [-0.3, -0.25) is 4.79 Å². The molecular weight excluding hydrogens is 180 g/mol. The van der Waals surface area contributed by atoms with Crippen LogP contribution in [0, 0.1) is 6.92 Å². The highest BCUT2D eigenvalue weighted by molar-refractivity contribution is 5.77. The Morgan fingerprint density at radius 3 is 3.07 bits per heavy atom. The van der Waals surface area contributed by atoms with Crippen molar-refractivity contribution in [1.29, 1.82) is 0 Å². The second-order valence-electron chi connectivity index (χ2n) is 3.57. The average Bonchev–Trinajstić information content (AvgIpc) is 2.16. The molecule has 0 aliphatic carbocycles. The third kappa shape index (κ3) is 1.45. The standard InChI is InChI=1S/C11H12O3/c1-7-2-3-10-9(6-7)8(11(12)13)4-5-14-10/h2-3,6,8H,4-5H2,1H3,(H,12,13). The zero-order chi connectivity index (χ0) is 10.1. The number of benzene rings is 1. The van der Waals surface area contributed by atoms with Crippen molar-refractivity contribution in [3.05, 3.63) is 29.3 Å². The SMILES string of the molecule is Cc1ccc2c(c1)C(C(=O)O)CCO2. The normalized spacial score (nSPS) is 19.6. The molecule has 3 heteroatoms. The molecule has 0 fully saturated rings. The summed E-state index contributed by atoms with van der Waals surface area (Å²) in [4.78, 5) is 11.0. The minimum atomic E-state index is -0.764. The van der Waals surface area contributed by atoms with Gasteiger partial charge in [-0.15, -0.1) is 0 Å². The van der Waals surface area contributed by atoms with E-state index in [-0.39, 0.29) is 0 Å². The summed E-state index contributed by atoms with van der Waals surface area (Å²) in [7, 11) is 0. The van der Waals surface area contributed by atoms with E-state index in [1.165, 1.54) is 0 Å². The molecule has 0 radical (unpaired) electrons. The van der Waals surface area contributed by atoms with E-state index in [0.29, 0.717) is 18.8 Å². The predicted molar refractivity (Wildman–Crippen MR) is 51.7 cm³/mol. The lowest BCUT2D eigenvalue weighted by Gasteiger charge is -2.23. The largest absolute Gasteiger partial charge is 0.493 e. The van der Waals surface area contributed by atoms with Gasteiger partial charge in [0, 0.05) is 5.56 Å². The number of aliphatic carboxylic acids is 1. The van der Waals surface area contributed by atoms with Gasteiger partial charge in [0.15, 0.2) is 0 Å². The summed E-state index contributed by atoms with van der Waals surface area (Å²) < 4.78 is 5.40. The van der Waals surface area contributed by atoms with Gasteiger partial charge in [0.05, 0.1) is 12.5 Å². The van der Waals surface area contributed by atoms with Crippen LogP contribution in [-0.4, -0.2) is 17.7 Å². The molecule has 1 aliphatic rings. The van der Waals surface area contributed by atoms with Gasteiger partial charge in [-0.25, -0.2) is 0 Å². The molecule has 1 aromatic carbocycles. The highest BCUT2D eigenvalue weighted by Crippen LogP contribution is 2.34. The lowest BCUT2D eigenvalue weighted by atomic mass is 9.92. The first-order chi connectivity index (χ1) is 6.68. The van der Waals surface area contributed by atoms with Crippen molar-refractivity contribution in [3.8, 4) is 5.75 Å². The van der Waals surface area contributed by atoms with Crippen molar-refractivity contribution in [3.63, 3.8) is 0 Å². The monoisotopic (exact) mass is 192 g/mol.